The number of hydrogen-bond acceptors (Lipinski definition) is 1. The lowest BCUT2D eigenvalue weighted by Gasteiger charge is -2.36. The van der Waals surface area contributed by atoms with Gasteiger partial charge < -0.3 is 10.2 Å². The second kappa shape index (κ2) is 5.69. The molecule has 2 atom stereocenters. The van der Waals surface area contributed by atoms with Crippen LogP contribution < -0.4 is 5.32 Å². The fourth-order valence-corrected chi connectivity index (χ4v) is 2.65. The molecule has 0 bridgehead atoms. The first-order chi connectivity index (χ1) is 7.00. The number of hydrogen-bond donors (Lipinski definition) is 1. The first kappa shape index (κ1) is 12.8. The third-order valence-corrected chi connectivity index (χ3v) is 3.59. The molecule has 1 fully saturated rings. The molecule has 0 aliphatic heterocycles. The summed E-state index contributed by atoms with van der Waals surface area (Å²) in [6.45, 7) is 6.60. The van der Waals surface area contributed by atoms with Crippen LogP contribution in [0.25, 0.3) is 0 Å². The Morgan fingerprint density at radius 1 is 1.40 bits per heavy atom. The SMILES string of the molecule is CC1CCCC(N(C)C(=S)NC(C)C)C1. The molecular weight excluding hydrogens is 204 g/mol. The second-order valence-corrected chi connectivity index (χ2v) is 5.53. The molecule has 1 aliphatic carbocycles. The van der Waals surface area contributed by atoms with Gasteiger partial charge >= 0.3 is 0 Å². The van der Waals surface area contributed by atoms with Gasteiger partial charge in [-0.05, 0) is 44.8 Å². The van der Waals surface area contributed by atoms with E-state index >= 15 is 0 Å². The van der Waals surface area contributed by atoms with Gasteiger partial charge in [0, 0.05) is 19.1 Å². The molecule has 0 saturated heterocycles. The van der Waals surface area contributed by atoms with E-state index in [0.717, 1.165) is 11.0 Å². The molecule has 2 nitrogen and oxygen atoms in total. The van der Waals surface area contributed by atoms with Gasteiger partial charge in [-0.3, -0.25) is 0 Å². The molecule has 1 saturated carbocycles. The minimum Gasteiger partial charge on any atom is -0.360 e. The third-order valence-electron chi connectivity index (χ3n) is 3.19. The van der Waals surface area contributed by atoms with E-state index in [1.54, 1.807) is 0 Å². The van der Waals surface area contributed by atoms with Crippen LogP contribution in [0.3, 0.4) is 0 Å². The molecule has 1 aliphatic rings. The Hall–Kier alpha value is -0.310. The van der Waals surface area contributed by atoms with Crippen molar-refractivity contribution in [1.82, 2.24) is 10.2 Å². The molecule has 0 aromatic carbocycles. The number of nitrogens with one attached hydrogen (secondary N) is 1. The van der Waals surface area contributed by atoms with E-state index in [4.69, 9.17) is 12.2 Å². The maximum Gasteiger partial charge on any atom is 0.169 e. The largest absolute Gasteiger partial charge is 0.360 e. The van der Waals surface area contributed by atoms with Crippen molar-refractivity contribution in [3.63, 3.8) is 0 Å². The number of nitrogens with zero attached hydrogens (tertiary/aromatic N) is 1. The normalized spacial score (nSPS) is 26.5. The van der Waals surface area contributed by atoms with E-state index < -0.39 is 0 Å². The first-order valence-corrected chi connectivity index (χ1v) is 6.45. The predicted molar refractivity (Wildman–Crippen MR) is 70.1 cm³/mol. The van der Waals surface area contributed by atoms with Gasteiger partial charge in [-0.2, -0.15) is 0 Å². The van der Waals surface area contributed by atoms with Crippen molar-refractivity contribution in [2.75, 3.05) is 7.05 Å². The Bertz CT molecular complexity index is 216. The van der Waals surface area contributed by atoms with Gasteiger partial charge in [0.15, 0.2) is 5.11 Å². The lowest BCUT2D eigenvalue weighted by molar-refractivity contribution is 0.229. The van der Waals surface area contributed by atoms with Gasteiger partial charge in [0.2, 0.25) is 0 Å². The van der Waals surface area contributed by atoms with Crippen LogP contribution in [-0.4, -0.2) is 29.1 Å². The maximum atomic E-state index is 5.39. The summed E-state index contributed by atoms with van der Waals surface area (Å²) in [7, 11) is 2.13. The molecule has 1 N–H and O–H groups in total. The molecule has 0 aromatic rings. The van der Waals surface area contributed by atoms with E-state index in [1.165, 1.54) is 25.7 Å². The van der Waals surface area contributed by atoms with Crippen LogP contribution in [0.5, 0.6) is 0 Å². The topological polar surface area (TPSA) is 15.3 Å². The molecule has 88 valence electrons. The summed E-state index contributed by atoms with van der Waals surface area (Å²) < 4.78 is 0. The van der Waals surface area contributed by atoms with Crippen molar-refractivity contribution in [1.29, 1.82) is 0 Å². The van der Waals surface area contributed by atoms with Crippen molar-refractivity contribution in [3.05, 3.63) is 0 Å². The fraction of sp³-hybridized carbons (Fsp3) is 0.917. The molecular formula is C12H24N2S. The molecule has 0 heterocycles. The summed E-state index contributed by atoms with van der Waals surface area (Å²) in [6, 6.07) is 1.08. The average Bonchev–Trinajstić information content (AvgIpc) is 2.15. The predicted octanol–water partition coefficient (Wildman–Crippen LogP) is 2.78. The van der Waals surface area contributed by atoms with Crippen molar-refractivity contribution < 1.29 is 0 Å². The van der Waals surface area contributed by atoms with Crippen molar-refractivity contribution in [3.8, 4) is 0 Å². The Labute approximate surface area is 99.4 Å². The second-order valence-electron chi connectivity index (χ2n) is 5.14. The fourth-order valence-electron chi connectivity index (χ4n) is 2.27. The van der Waals surface area contributed by atoms with Crippen molar-refractivity contribution >= 4 is 17.3 Å². The summed E-state index contributed by atoms with van der Waals surface area (Å²) in [5.74, 6) is 0.855. The summed E-state index contributed by atoms with van der Waals surface area (Å²) in [5, 5.41) is 4.22. The monoisotopic (exact) mass is 228 g/mol. The lowest BCUT2D eigenvalue weighted by Crippen LogP contribution is -2.47. The van der Waals surface area contributed by atoms with Crippen LogP contribution in [0.4, 0.5) is 0 Å². The van der Waals surface area contributed by atoms with Crippen LogP contribution in [0, 0.1) is 5.92 Å². The maximum absolute atomic E-state index is 5.39. The molecule has 2 unspecified atom stereocenters. The van der Waals surface area contributed by atoms with Gasteiger partial charge in [0.1, 0.15) is 0 Å². The lowest BCUT2D eigenvalue weighted by atomic mass is 9.86. The zero-order valence-corrected chi connectivity index (χ0v) is 11.2. The van der Waals surface area contributed by atoms with Gasteiger partial charge in [0.25, 0.3) is 0 Å². The molecule has 0 aromatic heterocycles. The molecule has 1 rings (SSSR count). The Morgan fingerprint density at radius 2 is 2.07 bits per heavy atom. The van der Waals surface area contributed by atoms with E-state index in [2.05, 4.69) is 38.0 Å². The highest BCUT2D eigenvalue weighted by atomic mass is 32.1. The molecule has 3 heteroatoms. The van der Waals surface area contributed by atoms with Gasteiger partial charge in [0.05, 0.1) is 0 Å². The minimum atomic E-state index is 0.431. The number of thiocarbonyl (C=S) groups is 1. The van der Waals surface area contributed by atoms with Crippen molar-refractivity contribution in [2.24, 2.45) is 5.92 Å². The Balaban J connectivity index is 2.44. The highest BCUT2D eigenvalue weighted by molar-refractivity contribution is 7.80. The van der Waals surface area contributed by atoms with Crippen LogP contribution in [-0.2, 0) is 0 Å². The molecule has 0 spiro atoms. The third kappa shape index (κ3) is 3.98. The smallest absolute Gasteiger partial charge is 0.169 e. The minimum absolute atomic E-state index is 0.431. The quantitative estimate of drug-likeness (QED) is 0.732. The molecule has 0 radical (unpaired) electrons. The zero-order valence-electron chi connectivity index (χ0n) is 10.4. The highest BCUT2D eigenvalue weighted by Gasteiger charge is 2.23. The van der Waals surface area contributed by atoms with E-state index in [0.29, 0.717) is 12.1 Å². The summed E-state index contributed by atoms with van der Waals surface area (Å²) in [6.07, 6.45) is 5.31. The Kier molecular flexibility index (Phi) is 4.84. The van der Waals surface area contributed by atoms with Gasteiger partial charge in [-0.15, -0.1) is 0 Å². The number of rotatable bonds is 2. The summed E-state index contributed by atoms with van der Waals surface area (Å²) >= 11 is 5.39. The average molecular weight is 228 g/mol. The van der Waals surface area contributed by atoms with Crippen molar-refractivity contribution in [2.45, 2.75) is 58.5 Å². The van der Waals surface area contributed by atoms with Crippen LogP contribution in [0.15, 0.2) is 0 Å². The van der Waals surface area contributed by atoms with Crippen LogP contribution >= 0.6 is 12.2 Å². The first-order valence-electron chi connectivity index (χ1n) is 6.04. The molecule has 15 heavy (non-hydrogen) atoms. The van der Waals surface area contributed by atoms with E-state index in [1.807, 2.05) is 0 Å². The van der Waals surface area contributed by atoms with Gasteiger partial charge in [-0.25, -0.2) is 0 Å². The molecule has 0 amide bonds. The summed E-state index contributed by atoms with van der Waals surface area (Å²) in [5.41, 5.74) is 0. The Morgan fingerprint density at radius 3 is 2.60 bits per heavy atom. The van der Waals surface area contributed by atoms with Gasteiger partial charge in [-0.1, -0.05) is 19.8 Å². The highest BCUT2D eigenvalue weighted by Crippen LogP contribution is 2.26. The van der Waals surface area contributed by atoms with E-state index in [-0.39, 0.29) is 0 Å². The van der Waals surface area contributed by atoms with Crippen LogP contribution in [0.2, 0.25) is 0 Å². The summed E-state index contributed by atoms with van der Waals surface area (Å²) in [4.78, 5) is 2.25. The standard InChI is InChI=1S/C12H24N2S/c1-9(2)13-12(15)14(4)11-7-5-6-10(3)8-11/h9-11H,5-8H2,1-4H3,(H,13,15). The van der Waals surface area contributed by atoms with E-state index in [9.17, 15) is 0 Å². The van der Waals surface area contributed by atoms with Crippen LogP contribution in [0.1, 0.15) is 46.5 Å². The zero-order chi connectivity index (χ0) is 11.4.